The van der Waals surface area contributed by atoms with E-state index in [1.54, 1.807) is 0 Å². The van der Waals surface area contributed by atoms with Crippen molar-refractivity contribution < 1.29 is 4.79 Å². The summed E-state index contributed by atoms with van der Waals surface area (Å²) >= 11 is 0. The summed E-state index contributed by atoms with van der Waals surface area (Å²) in [5, 5.41) is 3.13. The molecule has 1 fully saturated rings. The zero-order chi connectivity index (χ0) is 10.2. The SMILES string of the molecule is CCC(=O)NC1CCCCCCCC1. The third-order valence-electron chi connectivity index (χ3n) is 3.04. The van der Waals surface area contributed by atoms with Crippen molar-refractivity contribution in [2.45, 2.75) is 70.8 Å². The first-order valence-electron chi connectivity index (χ1n) is 6.12. The van der Waals surface area contributed by atoms with E-state index in [1.165, 1.54) is 51.4 Å². The molecule has 0 spiro atoms. The Balaban J connectivity index is 2.28. The van der Waals surface area contributed by atoms with Crippen molar-refractivity contribution in [3.63, 3.8) is 0 Å². The maximum absolute atomic E-state index is 11.3. The van der Waals surface area contributed by atoms with E-state index in [-0.39, 0.29) is 5.91 Å². The molecule has 0 radical (unpaired) electrons. The Kier molecular flexibility index (Phi) is 5.65. The summed E-state index contributed by atoms with van der Waals surface area (Å²) < 4.78 is 0. The second-order valence-electron chi connectivity index (χ2n) is 4.32. The van der Waals surface area contributed by atoms with Crippen LogP contribution in [0.15, 0.2) is 0 Å². The van der Waals surface area contributed by atoms with Crippen LogP contribution in [0.1, 0.15) is 64.7 Å². The molecule has 1 aliphatic rings. The van der Waals surface area contributed by atoms with Gasteiger partial charge in [0.15, 0.2) is 0 Å². The van der Waals surface area contributed by atoms with Gasteiger partial charge in [-0.1, -0.05) is 45.4 Å². The second kappa shape index (κ2) is 6.86. The summed E-state index contributed by atoms with van der Waals surface area (Å²) in [6, 6.07) is 0.459. The quantitative estimate of drug-likeness (QED) is 0.724. The standard InChI is InChI=1S/C12H23NO/c1-2-12(14)13-11-9-7-5-3-4-6-8-10-11/h11H,2-10H2,1H3,(H,13,14). The monoisotopic (exact) mass is 197 g/mol. The third kappa shape index (κ3) is 4.64. The summed E-state index contributed by atoms with van der Waals surface area (Å²) in [7, 11) is 0. The summed E-state index contributed by atoms with van der Waals surface area (Å²) in [4.78, 5) is 11.3. The van der Waals surface area contributed by atoms with Crippen LogP contribution in [0.25, 0.3) is 0 Å². The van der Waals surface area contributed by atoms with Crippen molar-refractivity contribution in [2.75, 3.05) is 0 Å². The molecule has 1 N–H and O–H groups in total. The van der Waals surface area contributed by atoms with E-state index in [1.807, 2.05) is 6.92 Å². The predicted octanol–water partition coefficient (Wildman–Crippen LogP) is 3.02. The van der Waals surface area contributed by atoms with Crippen LogP contribution in [-0.2, 0) is 4.79 Å². The van der Waals surface area contributed by atoms with Gasteiger partial charge in [0, 0.05) is 12.5 Å². The first-order chi connectivity index (χ1) is 6.83. The molecular weight excluding hydrogens is 174 g/mol. The number of amides is 1. The Hall–Kier alpha value is -0.530. The lowest BCUT2D eigenvalue weighted by atomic mass is 10.1. The highest BCUT2D eigenvalue weighted by molar-refractivity contribution is 5.75. The fourth-order valence-corrected chi connectivity index (χ4v) is 2.11. The van der Waals surface area contributed by atoms with Gasteiger partial charge in [0.1, 0.15) is 0 Å². The Morgan fingerprint density at radius 2 is 1.57 bits per heavy atom. The van der Waals surface area contributed by atoms with Crippen LogP contribution < -0.4 is 5.32 Å². The van der Waals surface area contributed by atoms with Gasteiger partial charge in [-0.3, -0.25) is 4.79 Å². The van der Waals surface area contributed by atoms with Crippen LogP contribution in [0.4, 0.5) is 0 Å². The Bertz CT molecular complexity index is 158. The van der Waals surface area contributed by atoms with Gasteiger partial charge in [0.05, 0.1) is 0 Å². The summed E-state index contributed by atoms with van der Waals surface area (Å²) in [5.41, 5.74) is 0. The second-order valence-corrected chi connectivity index (χ2v) is 4.32. The van der Waals surface area contributed by atoms with E-state index < -0.39 is 0 Å². The molecule has 1 rings (SSSR count). The van der Waals surface area contributed by atoms with Gasteiger partial charge in [-0.05, 0) is 12.8 Å². The van der Waals surface area contributed by atoms with E-state index in [2.05, 4.69) is 5.32 Å². The summed E-state index contributed by atoms with van der Waals surface area (Å²) in [6.45, 7) is 1.92. The molecule has 0 bridgehead atoms. The highest BCUT2D eigenvalue weighted by Crippen LogP contribution is 2.16. The maximum Gasteiger partial charge on any atom is 0.219 e. The van der Waals surface area contributed by atoms with E-state index >= 15 is 0 Å². The molecule has 0 unspecified atom stereocenters. The van der Waals surface area contributed by atoms with Crippen LogP contribution in [0.3, 0.4) is 0 Å². The van der Waals surface area contributed by atoms with Crippen molar-refractivity contribution >= 4 is 5.91 Å². The minimum atomic E-state index is 0.217. The fourth-order valence-electron chi connectivity index (χ4n) is 2.11. The molecule has 0 aromatic rings. The lowest BCUT2D eigenvalue weighted by molar-refractivity contribution is -0.121. The van der Waals surface area contributed by atoms with Gasteiger partial charge in [0.2, 0.25) is 5.91 Å². The van der Waals surface area contributed by atoms with Crippen molar-refractivity contribution in [1.82, 2.24) is 5.32 Å². The van der Waals surface area contributed by atoms with Crippen LogP contribution in [0.2, 0.25) is 0 Å². The van der Waals surface area contributed by atoms with Crippen LogP contribution in [0.5, 0.6) is 0 Å². The Labute approximate surface area is 87.5 Å². The Morgan fingerprint density at radius 1 is 1.07 bits per heavy atom. The lowest BCUT2D eigenvalue weighted by Gasteiger charge is -2.17. The van der Waals surface area contributed by atoms with Crippen LogP contribution in [0, 0.1) is 0 Å². The minimum Gasteiger partial charge on any atom is -0.353 e. The van der Waals surface area contributed by atoms with Crippen molar-refractivity contribution in [3.05, 3.63) is 0 Å². The molecule has 2 heteroatoms. The average Bonchev–Trinajstić information content (AvgIpc) is 2.31. The van der Waals surface area contributed by atoms with Gasteiger partial charge in [-0.15, -0.1) is 0 Å². The van der Waals surface area contributed by atoms with Gasteiger partial charge >= 0.3 is 0 Å². The summed E-state index contributed by atoms with van der Waals surface area (Å²) in [5.74, 6) is 0.217. The smallest absolute Gasteiger partial charge is 0.219 e. The predicted molar refractivity (Wildman–Crippen MR) is 59.2 cm³/mol. The van der Waals surface area contributed by atoms with Crippen LogP contribution >= 0.6 is 0 Å². The number of nitrogens with one attached hydrogen (secondary N) is 1. The molecular formula is C12H23NO. The molecule has 0 atom stereocenters. The molecule has 0 saturated heterocycles. The number of carbonyl (C=O) groups is 1. The molecule has 0 heterocycles. The van der Waals surface area contributed by atoms with E-state index in [4.69, 9.17) is 0 Å². The molecule has 82 valence electrons. The van der Waals surface area contributed by atoms with Crippen molar-refractivity contribution in [3.8, 4) is 0 Å². The highest BCUT2D eigenvalue weighted by atomic mass is 16.1. The molecule has 0 aromatic heterocycles. The number of carbonyl (C=O) groups excluding carboxylic acids is 1. The largest absolute Gasteiger partial charge is 0.353 e. The van der Waals surface area contributed by atoms with Crippen molar-refractivity contribution in [1.29, 1.82) is 0 Å². The number of hydrogen-bond acceptors (Lipinski definition) is 1. The van der Waals surface area contributed by atoms with Gasteiger partial charge in [-0.2, -0.15) is 0 Å². The molecule has 1 amide bonds. The fraction of sp³-hybridized carbons (Fsp3) is 0.917. The highest BCUT2D eigenvalue weighted by Gasteiger charge is 2.11. The molecule has 0 aromatic carbocycles. The topological polar surface area (TPSA) is 29.1 Å². The van der Waals surface area contributed by atoms with E-state index in [0.29, 0.717) is 12.5 Å². The molecule has 2 nitrogen and oxygen atoms in total. The van der Waals surface area contributed by atoms with Gasteiger partial charge < -0.3 is 5.32 Å². The first-order valence-corrected chi connectivity index (χ1v) is 6.12. The number of hydrogen-bond donors (Lipinski definition) is 1. The average molecular weight is 197 g/mol. The number of rotatable bonds is 2. The molecule has 14 heavy (non-hydrogen) atoms. The minimum absolute atomic E-state index is 0.217. The zero-order valence-electron chi connectivity index (χ0n) is 9.35. The summed E-state index contributed by atoms with van der Waals surface area (Å²) in [6.07, 6.45) is 11.0. The molecule has 1 aliphatic carbocycles. The van der Waals surface area contributed by atoms with Gasteiger partial charge in [-0.25, -0.2) is 0 Å². The van der Waals surface area contributed by atoms with E-state index in [9.17, 15) is 4.79 Å². The maximum atomic E-state index is 11.3. The molecule has 1 saturated carbocycles. The molecule has 0 aliphatic heterocycles. The van der Waals surface area contributed by atoms with Crippen molar-refractivity contribution in [2.24, 2.45) is 0 Å². The van der Waals surface area contributed by atoms with E-state index in [0.717, 1.165) is 0 Å². The zero-order valence-corrected chi connectivity index (χ0v) is 9.35. The normalized spacial score (nSPS) is 20.6. The van der Waals surface area contributed by atoms with Crippen LogP contribution in [-0.4, -0.2) is 11.9 Å². The first kappa shape index (κ1) is 11.5. The third-order valence-corrected chi connectivity index (χ3v) is 3.04. The lowest BCUT2D eigenvalue weighted by Crippen LogP contribution is -2.34. The van der Waals surface area contributed by atoms with Gasteiger partial charge in [0.25, 0.3) is 0 Å². The Morgan fingerprint density at radius 3 is 2.07 bits per heavy atom.